The molecule has 3 atom stereocenters. The average Bonchev–Trinajstić information content (AvgIpc) is 3.29. The molecule has 10 N–H and O–H groups in total. The summed E-state index contributed by atoms with van der Waals surface area (Å²) in [6.45, 7) is 0.458. The van der Waals surface area contributed by atoms with Crippen LogP contribution in [0.4, 0.5) is 0 Å². The second kappa shape index (κ2) is 15.1. The van der Waals surface area contributed by atoms with E-state index in [1.165, 1.54) is 0 Å². The van der Waals surface area contributed by atoms with Crippen LogP contribution in [0.3, 0.4) is 0 Å². The minimum absolute atomic E-state index is 0.124. The summed E-state index contributed by atoms with van der Waals surface area (Å²) in [6, 6.07) is 15.4. The number of H-pyrrole nitrogens is 1. The summed E-state index contributed by atoms with van der Waals surface area (Å²) in [7, 11) is 0. The number of hydrogen-bond donors (Lipinski definition) is 7. The van der Waals surface area contributed by atoms with E-state index in [2.05, 4.69) is 15.6 Å². The fraction of sp³-hybridized carbons (Fsp3) is 0.308. The molecule has 0 spiro atoms. The molecule has 1 aromatic heterocycles. The molecule has 0 aliphatic carbocycles. The monoisotopic (exact) mass is 491 g/mol. The molecule has 0 aliphatic rings. The smallest absolute Gasteiger partial charge is 0.237 e. The van der Waals surface area contributed by atoms with E-state index in [9.17, 15) is 14.4 Å². The van der Waals surface area contributed by atoms with Crippen LogP contribution in [0.5, 0.6) is 0 Å². The predicted octanol–water partition coefficient (Wildman–Crippen LogP) is 0.562. The Kier molecular flexibility index (Phi) is 11.8. The van der Waals surface area contributed by atoms with Crippen LogP contribution in [0.15, 0.2) is 60.8 Å². The van der Waals surface area contributed by atoms with Gasteiger partial charge in [-0.05, 0) is 42.9 Å². The van der Waals surface area contributed by atoms with Gasteiger partial charge in [-0.2, -0.15) is 0 Å². The van der Waals surface area contributed by atoms with Crippen LogP contribution in [0.1, 0.15) is 24.0 Å². The normalized spacial score (nSPS) is 12.9. The van der Waals surface area contributed by atoms with Crippen LogP contribution >= 0.6 is 0 Å². The van der Waals surface area contributed by atoms with Crippen LogP contribution in [0.2, 0.25) is 0 Å². The van der Waals surface area contributed by atoms with Crippen molar-refractivity contribution < 1.29 is 14.4 Å². The van der Waals surface area contributed by atoms with E-state index in [1.807, 2.05) is 60.8 Å². The number of amides is 1. The molecule has 0 saturated carbocycles. The molecule has 190 valence electrons. The molecular formula is C26H33N7O3. The van der Waals surface area contributed by atoms with E-state index in [0.29, 0.717) is 32.2 Å². The number of nitrogens with one attached hydrogen (secondary N) is 4. The minimum Gasteiger partial charge on any atom is -0.370 e. The van der Waals surface area contributed by atoms with Gasteiger partial charge in [-0.1, -0.05) is 48.5 Å². The van der Waals surface area contributed by atoms with Crippen LogP contribution in [0.25, 0.3) is 10.9 Å². The maximum Gasteiger partial charge on any atom is 0.237 e. The third-order valence-corrected chi connectivity index (χ3v) is 5.35. The van der Waals surface area contributed by atoms with Gasteiger partial charge in [0.2, 0.25) is 18.5 Å². The molecule has 36 heavy (non-hydrogen) atoms. The average molecular weight is 492 g/mol. The number of aromatic nitrogens is 1. The Morgan fingerprint density at radius 1 is 1.00 bits per heavy atom. The number of carbonyl (C=O) groups is 1. The number of rotatable bonds is 12. The molecule has 0 aliphatic heterocycles. The minimum atomic E-state index is -0.714. The standard InChI is InChI=1S/C15H22N5O2.C11H11N2O/c16-13(9-11-5-2-1-3-6-11)14(22)20-12(10-21)7-4-8-19-15(17)18;12-9(7-14)5-8-6-13-11-4-2-1-3-10(8)11/h1-3,5-6,12-13H,4,7-9,16H2,(H,20,22)(H4,17,18,19);1-4,6,9,13H,5,12H2. The maximum absolute atomic E-state index is 12.0. The van der Waals surface area contributed by atoms with Crippen molar-refractivity contribution in [2.75, 3.05) is 6.54 Å². The fourth-order valence-electron chi connectivity index (χ4n) is 3.51. The fourth-order valence-corrected chi connectivity index (χ4v) is 3.51. The summed E-state index contributed by atoms with van der Waals surface area (Å²) < 4.78 is 0. The lowest BCUT2D eigenvalue weighted by Crippen LogP contribution is -2.47. The number of carbonyl (C=O) groups excluding carboxylic acids is 3. The van der Waals surface area contributed by atoms with E-state index >= 15 is 0 Å². The van der Waals surface area contributed by atoms with Gasteiger partial charge < -0.3 is 32.8 Å². The SMILES string of the molecule is N=C(N)NCCCC([C]=O)NC(=O)C(N)Cc1ccccc1.NC([C]=O)Cc1c[nH]c2ccccc12. The number of fused-ring (bicyclic) bond motifs is 1. The van der Waals surface area contributed by atoms with Gasteiger partial charge in [-0.15, -0.1) is 0 Å². The quantitative estimate of drug-likeness (QED) is 0.109. The molecule has 2 radical (unpaired) electrons. The number of benzene rings is 2. The van der Waals surface area contributed by atoms with Gasteiger partial charge in [-0.25, -0.2) is 0 Å². The molecule has 0 bridgehead atoms. The summed E-state index contributed by atoms with van der Waals surface area (Å²) >= 11 is 0. The highest BCUT2D eigenvalue weighted by Crippen LogP contribution is 2.18. The third kappa shape index (κ3) is 9.69. The lowest BCUT2D eigenvalue weighted by molar-refractivity contribution is -0.122. The molecule has 3 rings (SSSR count). The number of nitrogens with two attached hydrogens (primary N) is 3. The Morgan fingerprint density at radius 2 is 1.69 bits per heavy atom. The van der Waals surface area contributed by atoms with Crippen molar-refractivity contribution in [2.45, 2.75) is 43.8 Å². The van der Waals surface area contributed by atoms with Gasteiger partial charge in [0.25, 0.3) is 0 Å². The zero-order chi connectivity index (χ0) is 26.3. The third-order valence-electron chi connectivity index (χ3n) is 5.35. The summed E-state index contributed by atoms with van der Waals surface area (Å²) in [5, 5.41) is 13.3. The summed E-state index contributed by atoms with van der Waals surface area (Å²) in [4.78, 5) is 36.3. The van der Waals surface area contributed by atoms with Gasteiger partial charge in [0.15, 0.2) is 5.96 Å². The predicted molar refractivity (Wildman–Crippen MR) is 141 cm³/mol. The Bertz CT molecular complexity index is 1120. The van der Waals surface area contributed by atoms with Crippen molar-refractivity contribution in [3.8, 4) is 0 Å². The Morgan fingerprint density at radius 3 is 2.36 bits per heavy atom. The molecule has 10 nitrogen and oxygen atoms in total. The largest absolute Gasteiger partial charge is 0.370 e. The zero-order valence-corrected chi connectivity index (χ0v) is 20.0. The first-order valence-corrected chi connectivity index (χ1v) is 11.6. The molecule has 3 aromatic rings. The summed E-state index contributed by atoms with van der Waals surface area (Å²) in [6.07, 6.45) is 7.39. The second-order valence-electron chi connectivity index (χ2n) is 8.25. The molecule has 3 unspecified atom stereocenters. The van der Waals surface area contributed by atoms with Crippen molar-refractivity contribution in [1.82, 2.24) is 15.6 Å². The highest BCUT2D eigenvalue weighted by molar-refractivity contribution is 5.85. The first-order chi connectivity index (χ1) is 17.3. The summed E-state index contributed by atoms with van der Waals surface area (Å²) in [5.74, 6) is -0.503. The Labute approximate surface area is 210 Å². The van der Waals surface area contributed by atoms with Crippen LogP contribution in [0, 0.1) is 5.41 Å². The van der Waals surface area contributed by atoms with Gasteiger partial charge in [0, 0.05) is 23.6 Å². The molecule has 1 amide bonds. The van der Waals surface area contributed by atoms with Gasteiger partial charge >= 0.3 is 0 Å². The van der Waals surface area contributed by atoms with Crippen molar-refractivity contribution in [2.24, 2.45) is 17.2 Å². The van der Waals surface area contributed by atoms with Crippen LogP contribution < -0.4 is 27.8 Å². The molecule has 0 fully saturated rings. The van der Waals surface area contributed by atoms with Crippen molar-refractivity contribution >= 4 is 35.3 Å². The lowest BCUT2D eigenvalue weighted by atomic mass is 10.1. The van der Waals surface area contributed by atoms with Gasteiger partial charge in [-0.3, -0.25) is 19.8 Å². The lowest BCUT2D eigenvalue weighted by Gasteiger charge is -2.16. The zero-order valence-electron chi connectivity index (χ0n) is 20.0. The number of aromatic amines is 1. The highest BCUT2D eigenvalue weighted by Gasteiger charge is 2.18. The molecule has 10 heteroatoms. The molecule has 0 saturated heterocycles. The van der Waals surface area contributed by atoms with E-state index in [4.69, 9.17) is 22.6 Å². The van der Waals surface area contributed by atoms with Gasteiger partial charge in [0.1, 0.15) is 0 Å². The number of para-hydroxylation sites is 1. The van der Waals surface area contributed by atoms with Crippen molar-refractivity contribution in [3.63, 3.8) is 0 Å². The van der Waals surface area contributed by atoms with Gasteiger partial charge in [0.05, 0.1) is 18.1 Å². The highest BCUT2D eigenvalue weighted by atomic mass is 16.2. The summed E-state index contributed by atoms with van der Waals surface area (Å²) in [5.41, 5.74) is 19.6. The van der Waals surface area contributed by atoms with E-state index in [1.54, 1.807) is 12.6 Å². The van der Waals surface area contributed by atoms with Crippen molar-refractivity contribution in [1.29, 1.82) is 5.41 Å². The first-order valence-electron chi connectivity index (χ1n) is 11.6. The Hall–Kier alpha value is -4.02. The van der Waals surface area contributed by atoms with E-state index in [-0.39, 0.29) is 11.9 Å². The molecule has 1 heterocycles. The Balaban J connectivity index is 0.000000278. The number of guanidine groups is 1. The first kappa shape index (κ1) is 28.2. The second-order valence-corrected chi connectivity index (χ2v) is 8.25. The molecular weight excluding hydrogens is 458 g/mol. The van der Waals surface area contributed by atoms with Crippen LogP contribution in [-0.4, -0.2) is 54.1 Å². The maximum atomic E-state index is 12.0. The van der Waals surface area contributed by atoms with E-state index < -0.39 is 18.1 Å². The number of hydrogen-bond acceptors (Lipinski definition) is 6. The molecule has 2 aromatic carbocycles. The van der Waals surface area contributed by atoms with Crippen molar-refractivity contribution in [3.05, 3.63) is 71.9 Å². The van der Waals surface area contributed by atoms with Crippen LogP contribution in [-0.2, 0) is 27.2 Å². The van der Waals surface area contributed by atoms with E-state index in [0.717, 1.165) is 22.0 Å². The topological polar surface area (TPSA) is 193 Å².